The van der Waals surface area contributed by atoms with Crippen molar-refractivity contribution in [1.29, 1.82) is 0 Å². The van der Waals surface area contributed by atoms with Crippen molar-refractivity contribution in [2.24, 2.45) is 5.92 Å². The lowest BCUT2D eigenvalue weighted by molar-refractivity contribution is -0.117. The molecule has 0 radical (unpaired) electrons. The van der Waals surface area contributed by atoms with Crippen molar-refractivity contribution in [1.82, 2.24) is 4.90 Å². The molecule has 2 N–H and O–H groups in total. The lowest BCUT2D eigenvalue weighted by Gasteiger charge is -2.26. The first-order valence-electron chi connectivity index (χ1n) is 8.43. The summed E-state index contributed by atoms with van der Waals surface area (Å²) in [5, 5.41) is 5.19. The molecule has 1 aliphatic carbocycles. The van der Waals surface area contributed by atoms with Gasteiger partial charge in [0.15, 0.2) is 0 Å². The van der Waals surface area contributed by atoms with Crippen LogP contribution in [-0.2, 0) is 14.3 Å². The van der Waals surface area contributed by atoms with Crippen LogP contribution < -0.4 is 10.6 Å². The third kappa shape index (κ3) is 5.07. The number of benzene rings is 1. The Morgan fingerprint density at radius 3 is 2.62 bits per heavy atom. The van der Waals surface area contributed by atoms with Gasteiger partial charge in [-0.25, -0.2) is 4.39 Å². The van der Waals surface area contributed by atoms with Gasteiger partial charge in [0.2, 0.25) is 11.8 Å². The number of rotatable bonds is 6. The molecule has 0 aromatic heterocycles. The van der Waals surface area contributed by atoms with Gasteiger partial charge in [-0.3, -0.25) is 14.5 Å². The molecule has 142 valence electrons. The molecular formula is C17H20Cl2FN3O3. The van der Waals surface area contributed by atoms with Gasteiger partial charge in [0.05, 0.1) is 24.8 Å². The average molecular weight is 404 g/mol. The van der Waals surface area contributed by atoms with Gasteiger partial charge in [-0.15, -0.1) is 23.2 Å². The first-order valence-corrected chi connectivity index (χ1v) is 9.19. The summed E-state index contributed by atoms with van der Waals surface area (Å²) >= 11 is 11.7. The van der Waals surface area contributed by atoms with Crippen LogP contribution in [0.2, 0.25) is 0 Å². The molecule has 6 nitrogen and oxygen atoms in total. The van der Waals surface area contributed by atoms with E-state index in [-0.39, 0.29) is 23.9 Å². The lowest BCUT2D eigenvalue weighted by Crippen LogP contribution is -2.38. The molecule has 1 atom stereocenters. The zero-order chi connectivity index (χ0) is 18.7. The highest BCUT2D eigenvalue weighted by atomic mass is 35.5. The Labute approximate surface area is 161 Å². The maximum atomic E-state index is 14.0. The largest absolute Gasteiger partial charge is 0.379 e. The van der Waals surface area contributed by atoms with E-state index in [9.17, 15) is 14.0 Å². The normalized spacial score (nSPS) is 21.9. The van der Waals surface area contributed by atoms with Crippen molar-refractivity contribution in [3.8, 4) is 0 Å². The van der Waals surface area contributed by atoms with Gasteiger partial charge >= 0.3 is 0 Å². The van der Waals surface area contributed by atoms with Gasteiger partial charge < -0.3 is 15.4 Å². The quantitative estimate of drug-likeness (QED) is 0.716. The molecule has 26 heavy (non-hydrogen) atoms. The number of carbonyl (C=O) groups is 2. The predicted octanol–water partition coefficient (Wildman–Crippen LogP) is 2.62. The van der Waals surface area contributed by atoms with Gasteiger partial charge in [-0.05, 0) is 24.6 Å². The molecule has 1 heterocycles. The van der Waals surface area contributed by atoms with Crippen molar-refractivity contribution in [3.05, 3.63) is 24.0 Å². The Hall–Kier alpha value is -1.41. The van der Waals surface area contributed by atoms with Crippen LogP contribution in [-0.4, -0.2) is 53.9 Å². The van der Waals surface area contributed by atoms with E-state index in [0.29, 0.717) is 31.9 Å². The van der Waals surface area contributed by atoms with Gasteiger partial charge in [0.1, 0.15) is 10.2 Å². The number of hydrogen-bond acceptors (Lipinski definition) is 4. The summed E-state index contributed by atoms with van der Waals surface area (Å²) in [6, 6.07) is 3.99. The second-order valence-electron chi connectivity index (χ2n) is 6.45. The van der Waals surface area contributed by atoms with E-state index < -0.39 is 16.1 Å². The summed E-state index contributed by atoms with van der Waals surface area (Å²) in [7, 11) is 0. The number of anilines is 2. The number of hydrogen-bond donors (Lipinski definition) is 2. The topological polar surface area (TPSA) is 70.7 Å². The van der Waals surface area contributed by atoms with Crippen molar-refractivity contribution in [2.45, 2.75) is 17.2 Å². The van der Waals surface area contributed by atoms with Crippen LogP contribution >= 0.6 is 23.2 Å². The molecule has 9 heteroatoms. The fraction of sp³-hybridized carbons (Fsp3) is 0.529. The molecule has 3 rings (SSSR count). The van der Waals surface area contributed by atoms with Crippen LogP contribution in [0, 0.1) is 11.7 Å². The number of ether oxygens (including phenoxy) is 1. The van der Waals surface area contributed by atoms with E-state index in [0.717, 1.165) is 13.1 Å². The number of carbonyl (C=O) groups excluding carboxylic acids is 2. The number of morpholine rings is 1. The molecule has 2 aliphatic rings. The summed E-state index contributed by atoms with van der Waals surface area (Å²) in [6.07, 6.45) is 0.632. The Morgan fingerprint density at radius 2 is 1.96 bits per heavy atom. The van der Waals surface area contributed by atoms with Crippen LogP contribution in [0.4, 0.5) is 15.8 Å². The molecule has 1 saturated carbocycles. The highest BCUT2D eigenvalue weighted by Gasteiger charge is 2.56. The highest BCUT2D eigenvalue weighted by Crippen LogP contribution is 2.53. The van der Waals surface area contributed by atoms with Gasteiger partial charge in [-0.1, -0.05) is 0 Å². The van der Waals surface area contributed by atoms with E-state index in [2.05, 4.69) is 15.5 Å². The summed E-state index contributed by atoms with van der Waals surface area (Å²) in [4.78, 5) is 26.2. The SMILES string of the molecule is O=C(CCN1CCOCC1)Nc1cc(NC(=O)C2CC2(Cl)Cl)ccc1F. The smallest absolute Gasteiger partial charge is 0.230 e. The maximum absolute atomic E-state index is 14.0. The Kier molecular flexibility index (Phi) is 6.02. The van der Waals surface area contributed by atoms with Crippen molar-refractivity contribution >= 4 is 46.4 Å². The molecule has 1 aromatic rings. The van der Waals surface area contributed by atoms with Gasteiger partial charge in [-0.2, -0.15) is 0 Å². The molecule has 1 saturated heterocycles. The fourth-order valence-corrected chi connectivity index (χ4v) is 3.23. The Balaban J connectivity index is 1.53. The van der Waals surface area contributed by atoms with Gasteiger partial charge in [0, 0.05) is 31.7 Å². The summed E-state index contributed by atoms with van der Waals surface area (Å²) in [5.74, 6) is -1.67. The lowest BCUT2D eigenvalue weighted by atomic mass is 10.2. The molecule has 0 spiro atoms. The molecular weight excluding hydrogens is 384 g/mol. The minimum Gasteiger partial charge on any atom is -0.379 e. The molecule has 1 aromatic carbocycles. The fourth-order valence-electron chi connectivity index (χ4n) is 2.72. The van der Waals surface area contributed by atoms with E-state index >= 15 is 0 Å². The third-order valence-corrected chi connectivity index (χ3v) is 5.24. The molecule has 1 unspecified atom stereocenters. The monoisotopic (exact) mass is 403 g/mol. The minimum atomic E-state index is -1.03. The Morgan fingerprint density at radius 1 is 1.27 bits per heavy atom. The average Bonchev–Trinajstić information content (AvgIpc) is 3.26. The van der Waals surface area contributed by atoms with Crippen LogP contribution in [0.25, 0.3) is 0 Å². The number of nitrogens with zero attached hydrogens (tertiary/aromatic N) is 1. The van der Waals surface area contributed by atoms with Crippen LogP contribution in [0.1, 0.15) is 12.8 Å². The van der Waals surface area contributed by atoms with Crippen molar-refractivity contribution in [2.75, 3.05) is 43.5 Å². The standard InChI is InChI=1S/C17H20Cl2FN3O3/c18-17(19)10-12(17)16(25)21-11-1-2-13(20)14(9-11)22-15(24)3-4-23-5-7-26-8-6-23/h1-2,9,12H,3-8,10H2,(H,21,25)(H,22,24). The van der Waals surface area contributed by atoms with Crippen LogP contribution in [0.3, 0.4) is 0 Å². The molecule has 1 aliphatic heterocycles. The first kappa shape index (κ1) is 19.4. The zero-order valence-corrected chi connectivity index (χ0v) is 15.6. The van der Waals surface area contributed by atoms with Crippen LogP contribution in [0.15, 0.2) is 18.2 Å². The minimum absolute atomic E-state index is 0.0218. The van der Waals surface area contributed by atoms with E-state index in [4.69, 9.17) is 27.9 Å². The molecule has 2 fully saturated rings. The van der Waals surface area contributed by atoms with E-state index in [1.54, 1.807) is 0 Å². The van der Waals surface area contributed by atoms with Crippen molar-refractivity contribution in [3.63, 3.8) is 0 Å². The van der Waals surface area contributed by atoms with E-state index in [1.165, 1.54) is 18.2 Å². The second kappa shape index (κ2) is 8.08. The first-order chi connectivity index (χ1) is 12.3. The summed E-state index contributed by atoms with van der Waals surface area (Å²) < 4.78 is 18.2. The molecule has 0 bridgehead atoms. The Bertz CT molecular complexity index is 696. The van der Waals surface area contributed by atoms with Crippen LogP contribution in [0.5, 0.6) is 0 Å². The summed E-state index contributed by atoms with van der Waals surface area (Å²) in [5.41, 5.74) is 0.393. The maximum Gasteiger partial charge on any atom is 0.230 e. The third-order valence-electron chi connectivity index (χ3n) is 4.41. The van der Waals surface area contributed by atoms with E-state index in [1.807, 2.05) is 0 Å². The zero-order valence-electron chi connectivity index (χ0n) is 14.1. The summed E-state index contributed by atoms with van der Waals surface area (Å²) in [6.45, 7) is 3.47. The second-order valence-corrected chi connectivity index (χ2v) is 8.00. The van der Waals surface area contributed by atoms with Gasteiger partial charge in [0.25, 0.3) is 0 Å². The predicted molar refractivity (Wildman–Crippen MR) is 98.1 cm³/mol. The number of amides is 2. The highest BCUT2D eigenvalue weighted by molar-refractivity contribution is 6.52. The number of alkyl halides is 2. The van der Waals surface area contributed by atoms with Crippen molar-refractivity contribution < 1.29 is 18.7 Å². The number of halogens is 3. The number of nitrogens with one attached hydrogen (secondary N) is 2. The molecule has 2 amide bonds.